The Hall–Kier alpha value is -1.36. The molecule has 1 aromatic rings. The molecule has 1 aliphatic carbocycles. The van der Waals surface area contributed by atoms with E-state index in [1.165, 1.54) is 20.0 Å². The first-order valence-electron chi connectivity index (χ1n) is 5.09. The molecule has 5 heteroatoms. The number of imidazole rings is 1. The minimum absolute atomic E-state index is 0.229. The number of rotatable bonds is 5. The minimum atomic E-state index is -0.255. The minimum Gasteiger partial charge on any atom is -0.468 e. The Labute approximate surface area is 88.4 Å². The summed E-state index contributed by atoms with van der Waals surface area (Å²) in [6.45, 7) is 1.01. The molecule has 0 bridgehead atoms. The average Bonchev–Trinajstić information content (AvgIpc) is 2.97. The monoisotopic (exact) mass is 209 g/mol. The van der Waals surface area contributed by atoms with E-state index in [0.29, 0.717) is 6.04 Å². The predicted molar refractivity (Wildman–Crippen MR) is 54.1 cm³/mol. The Bertz CT molecular complexity index is 344. The van der Waals surface area contributed by atoms with Gasteiger partial charge in [0.25, 0.3) is 0 Å². The zero-order valence-corrected chi connectivity index (χ0v) is 8.77. The zero-order chi connectivity index (χ0) is 10.7. The molecule has 0 spiro atoms. The summed E-state index contributed by atoms with van der Waals surface area (Å²) in [4.78, 5) is 15.2. The number of hydrogen-bond donors (Lipinski definition) is 1. The second-order valence-electron chi connectivity index (χ2n) is 3.77. The fourth-order valence-corrected chi connectivity index (χ4v) is 1.33. The first kappa shape index (κ1) is 10.2. The molecule has 1 saturated carbocycles. The number of ether oxygens (including phenoxy) is 1. The highest BCUT2D eigenvalue weighted by Gasteiger charge is 2.20. The number of carbonyl (C=O) groups is 1. The third-order valence-corrected chi connectivity index (χ3v) is 2.38. The lowest BCUT2D eigenvalue weighted by molar-refractivity contribution is -0.141. The van der Waals surface area contributed by atoms with Crippen LogP contribution in [0.15, 0.2) is 12.5 Å². The van der Waals surface area contributed by atoms with Crippen LogP contribution in [0.2, 0.25) is 0 Å². The van der Waals surface area contributed by atoms with Crippen molar-refractivity contribution in [3.63, 3.8) is 0 Å². The molecule has 1 N–H and O–H groups in total. The molecule has 5 nitrogen and oxygen atoms in total. The largest absolute Gasteiger partial charge is 0.468 e. The third-order valence-electron chi connectivity index (χ3n) is 2.38. The molecule has 1 fully saturated rings. The average molecular weight is 209 g/mol. The van der Waals surface area contributed by atoms with Crippen LogP contribution in [0.4, 0.5) is 0 Å². The fraction of sp³-hybridized carbons (Fsp3) is 0.600. The summed E-state index contributed by atoms with van der Waals surface area (Å²) in [6, 6.07) is 0.677. The number of nitrogens with one attached hydrogen (secondary N) is 1. The van der Waals surface area contributed by atoms with E-state index in [2.05, 4.69) is 15.0 Å². The highest BCUT2D eigenvalue weighted by Crippen LogP contribution is 2.18. The van der Waals surface area contributed by atoms with Gasteiger partial charge in [0.2, 0.25) is 0 Å². The Morgan fingerprint density at radius 1 is 1.73 bits per heavy atom. The van der Waals surface area contributed by atoms with Gasteiger partial charge in [-0.15, -0.1) is 0 Å². The number of methoxy groups -OCH3 is 1. The van der Waals surface area contributed by atoms with Crippen LogP contribution < -0.4 is 5.32 Å². The van der Waals surface area contributed by atoms with E-state index >= 15 is 0 Å². The van der Waals surface area contributed by atoms with Crippen LogP contribution in [-0.2, 0) is 22.6 Å². The smallest absolute Gasteiger partial charge is 0.325 e. The van der Waals surface area contributed by atoms with Crippen molar-refractivity contribution < 1.29 is 9.53 Å². The second kappa shape index (κ2) is 4.44. The zero-order valence-electron chi connectivity index (χ0n) is 8.77. The molecular formula is C10H15N3O2. The van der Waals surface area contributed by atoms with Crippen LogP contribution in [0, 0.1) is 0 Å². The molecule has 0 aromatic carbocycles. The normalized spacial score (nSPS) is 15.3. The van der Waals surface area contributed by atoms with Gasteiger partial charge in [-0.1, -0.05) is 0 Å². The number of aromatic nitrogens is 2. The van der Waals surface area contributed by atoms with Gasteiger partial charge < -0.3 is 14.6 Å². The van der Waals surface area contributed by atoms with E-state index in [0.717, 1.165) is 12.2 Å². The third kappa shape index (κ3) is 3.06. The SMILES string of the molecule is COC(=O)Cn1cnc(CNC2CC2)c1. The van der Waals surface area contributed by atoms with Crippen molar-refractivity contribution in [1.29, 1.82) is 0 Å². The van der Waals surface area contributed by atoms with Crippen LogP contribution in [-0.4, -0.2) is 28.7 Å². The molecule has 1 aromatic heterocycles. The van der Waals surface area contributed by atoms with E-state index < -0.39 is 0 Å². The molecule has 0 radical (unpaired) electrons. The first-order valence-corrected chi connectivity index (χ1v) is 5.09. The van der Waals surface area contributed by atoms with Gasteiger partial charge in [-0.25, -0.2) is 4.98 Å². The van der Waals surface area contributed by atoms with Gasteiger partial charge in [-0.05, 0) is 12.8 Å². The van der Waals surface area contributed by atoms with Gasteiger partial charge in [0.15, 0.2) is 0 Å². The van der Waals surface area contributed by atoms with Gasteiger partial charge in [0, 0.05) is 18.8 Å². The molecule has 2 rings (SSSR count). The molecule has 0 saturated heterocycles. The quantitative estimate of drug-likeness (QED) is 0.709. The van der Waals surface area contributed by atoms with Gasteiger partial charge in [-0.3, -0.25) is 4.79 Å². The molecule has 0 aliphatic heterocycles. The number of esters is 1. The second-order valence-corrected chi connectivity index (χ2v) is 3.77. The number of nitrogens with zero attached hydrogens (tertiary/aromatic N) is 2. The summed E-state index contributed by atoms with van der Waals surface area (Å²) >= 11 is 0. The standard InChI is InChI=1S/C10H15N3O2/c1-15-10(14)6-13-5-9(12-7-13)4-11-8-2-3-8/h5,7-8,11H,2-4,6H2,1H3. The van der Waals surface area contributed by atoms with E-state index in [1.54, 1.807) is 10.9 Å². The van der Waals surface area contributed by atoms with E-state index in [1.807, 2.05) is 6.20 Å². The van der Waals surface area contributed by atoms with Crippen molar-refractivity contribution in [1.82, 2.24) is 14.9 Å². The summed E-state index contributed by atoms with van der Waals surface area (Å²) in [6.07, 6.45) is 6.05. The summed E-state index contributed by atoms with van der Waals surface area (Å²) in [7, 11) is 1.38. The molecule has 0 unspecified atom stereocenters. The van der Waals surface area contributed by atoms with Crippen molar-refractivity contribution in [2.75, 3.05) is 7.11 Å². The number of carbonyl (C=O) groups excluding carboxylic acids is 1. The van der Waals surface area contributed by atoms with E-state index in [-0.39, 0.29) is 12.5 Å². The summed E-state index contributed by atoms with van der Waals surface area (Å²) in [5.74, 6) is -0.255. The van der Waals surface area contributed by atoms with Crippen molar-refractivity contribution in [2.24, 2.45) is 0 Å². The number of hydrogen-bond acceptors (Lipinski definition) is 4. The maximum atomic E-state index is 11.0. The maximum Gasteiger partial charge on any atom is 0.325 e. The van der Waals surface area contributed by atoms with Gasteiger partial charge in [-0.2, -0.15) is 0 Å². The Morgan fingerprint density at radius 3 is 3.20 bits per heavy atom. The van der Waals surface area contributed by atoms with Crippen LogP contribution in [0.3, 0.4) is 0 Å². The topological polar surface area (TPSA) is 56.2 Å². The van der Waals surface area contributed by atoms with Crippen molar-refractivity contribution in [3.8, 4) is 0 Å². The van der Waals surface area contributed by atoms with Gasteiger partial charge in [0.05, 0.1) is 19.1 Å². The lowest BCUT2D eigenvalue weighted by Crippen LogP contribution is -2.15. The molecule has 0 atom stereocenters. The summed E-state index contributed by atoms with van der Waals surface area (Å²) in [5.41, 5.74) is 0.964. The summed E-state index contributed by atoms with van der Waals surface area (Å²) in [5, 5.41) is 3.36. The molecule has 1 aliphatic rings. The maximum absolute atomic E-state index is 11.0. The van der Waals surface area contributed by atoms with E-state index in [9.17, 15) is 4.79 Å². The van der Waals surface area contributed by atoms with Crippen molar-refractivity contribution in [3.05, 3.63) is 18.2 Å². The Kier molecular flexibility index (Phi) is 3.01. The van der Waals surface area contributed by atoms with Crippen LogP contribution in [0.5, 0.6) is 0 Å². The van der Waals surface area contributed by atoms with Crippen LogP contribution >= 0.6 is 0 Å². The lowest BCUT2D eigenvalue weighted by atomic mass is 10.4. The molecule has 15 heavy (non-hydrogen) atoms. The van der Waals surface area contributed by atoms with Crippen molar-refractivity contribution in [2.45, 2.75) is 32.0 Å². The lowest BCUT2D eigenvalue weighted by Gasteiger charge is -1.99. The summed E-state index contributed by atoms with van der Waals surface area (Å²) < 4.78 is 6.30. The Balaban J connectivity index is 1.82. The molecular weight excluding hydrogens is 194 g/mol. The fourth-order valence-electron chi connectivity index (χ4n) is 1.33. The first-order chi connectivity index (χ1) is 7.28. The highest BCUT2D eigenvalue weighted by molar-refractivity contribution is 5.68. The van der Waals surface area contributed by atoms with Gasteiger partial charge in [0.1, 0.15) is 6.54 Å². The molecule has 0 amide bonds. The van der Waals surface area contributed by atoms with Crippen LogP contribution in [0.25, 0.3) is 0 Å². The Morgan fingerprint density at radius 2 is 2.53 bits per heavy atom. The molecule has 82 valence electrons. The predicted octanol–water partition coefficient (Wildman–Crippen LogP) is 0.308. The van der Waals surface area contributed by atoms with Gasteiger partial charge >= 0.3 is 5.97 Å². The highest BCUT2D eigenvalue weighted by atomic mass is 16.5. The van der Waals surface area contributed by atoms with Crippen molar-refractivity contribution >= 4 is 5.97 Å². The van der Waals surface area contributed by atoms with E-state index in [4.69, 9.17) is 0 Å². The molecule has 1 heterocycles. The van der Waals surface area contributed by atoms with Crippen LogP contribution in [0.1, 0.15) is 18.5 Å².